The molecule has 0 bridgehead atoms. The fourth-order valence-electron chi connectivity index (χ4n) is 2.07. The Balaban J connectivity index is 2.36. The number of nitrogens with zero attached hydrogens (tertiary/aromatic N) is 2. The lowest BCUT2D eigenvalue weighted by Gasteiger charge is -2.13. The average molecular weight is 305 g/mol. The lowest BCUT2D eigenvalue weighted by atomic mass is 10.0. The van der Waals surface area contributed by atoms with Gasteiger partial charge in [-0.15, -0.1) is 0 Å². The van der Waals surface area contributed by atoms with Gasteiger partial charge in [-0.05, 0) is 6.92 Å². The molecule has 0 aliphatic carbocycles. The second-order valence-corrected chi connectivity index (χ2v) is 4.84. The highest BCUT2D eigenvalue weighted by Gasteiger charge is 2.23. The topological polar surface area (TPSA) is 38.0 Å². The van der Waals surface area contributed by atoms with E-state index in [0.29, 0.717) is 23.4 Å². The summed E-state index contributed by atoms with van der Waals surface area (Å²) in [6.07, 6.45) is -1.59. The molecule has 2 aromatic rings. The van der Waals surface area contributed by atoms with Crippen molar-refractivity contribution in [2.45, 2.75) is 19.4 Å². The first kappa shape index (κ1) is 14.9. The van der Waals surface area contributed by atoms with Gasteiger partial charge >= 0.3 is 0 Å². The summed E-state index contributed by atoms with van der Waals surface area (Å²) in [4.78, 5) is 0. The highest BCUT2D eigenvalue weighted by molar-refractivity contribution is 6.30. The minimum atomic E-state index is -1.48. The second-order valence-electron chi connectivity index (χ2n) is 4.48. The maximum absolute atomic E-state index is 13.6. The van der Waals surface area contributed by atoms with Crippen LogP contribution in [0.25, 0.3) is 0 Å². The summed E-state index contributed by atoms with van der Waals surface area (Å²) in [6, 6.07) is 1.05. The molecule has 0 aliphatic rings. The zero-order chi connectivity index (χ0) is 15.0. The van der Waals surface area contributed by atoms with Crippen molar-refractivity contribution in [3.63, 3.8) is 0 Å². The van der Waals surface area contributed by atoms with Gasteiger partial charge in [-0.3, -0.25) is 4.68 Å². The maximum Gasteiger partial charge on any atom is 0.134 e. The van der Waals surface area contributed by atoms with E-state index in [0.717, 1.165) is 0 Å². The molecule has 0 fully saturated rings. The maximum atomic E-state index is 13.6. The summed E-state index contributed by atoms with van der Waals surface area (Å²) >= 11 is 5.99. The Morgan fingerprint density at radius 2 is 1.85 bits per heavy atom. The first-order valence-electron chi connectivity index (χ1n) is 5.81. The monoisotopic (exact) mass is 304 g/mol. The molecule has 1 atom stereocenters. The quantitative estimate of drug-likeness (QED) is 0.946. The standard InChI is InChI=1S/C13H12ClF3N2O/c1-6-8(13(14)19(2)18-6)5-11(20)12-9(16)3-7(15)4-10(12)17/h3-4,11,20H,5H2,1-2H3. The highest BCUT2D eigenvalue weighted by atomic mass is 35.5. The van der Waals surface area contributed by atoms with Crippen LogP contribution in [0.4, 0.5) is 13.2 Å². The largest absolute Gasteiger partial charge is 0.388 e. The molecule has 0 saturated carbocycles. The summed E-state index contributed by atoms with van der Waals surface area (Å²) in [5.41, 5.74) is 0.468. The van der Waals surface area contributed by atoms with Crippen LogP contribution in [0.1, 0.15) is 22.9 Å². The molecule has 0 saturated heterocycles. The zero-order valence-electron chi connectivity index (χ0n) is 10.8. The van der Waals surface area contributed by atoms with Gasteiger partial charge in [0.25, 0.3) is 0 Å². The van der Waals surface area contributed by atoms with E-state index in [1.165, 1.54) is 4.68 Å². The van der Waals surface area contributed by atoms with E-state index in [4.69, 9.17) is 11.6 Å². The molecule has 1 aromatic heterocycles. The molecule has 2 rings (SSSR count). The Labute approximate surface area is 118 Å². The minimum absolute atomic E-state index is 0.113. The predicted molar refractivity (Wildman–Crippen MR) is 67.9 cm³/mol. The third-order valence-corrected chi connectivity index (χ3v) is 3.52. The van der Waals surface area contributed by atoms with Crippen LogP contribution in [-0.4, -0.2) is 14.9 Å². The Morgan fingerprint density at radius 1 is 1.30 bits per heavy atom. The van der Waals surface area contributed by atoms with Gasteiger partial charge in [0.05, 0.1) is 17.4 Å². The number of hydrogen-bond acceptors (Lipinski definition) is 2. The Morgan fingerprint density at radius 3 is 2.30 bits per heavy atom. The number of aliphatic hydroxyl groups excluding tert-OH is 1. The van der Waals surface area contributed by atoms with E-state index in [9.17, 15) is 18.3 Å². The van der Waals surface area contributed by atoms with Gasteiger partial charge in [-0.2, -0.15) is 5.10 Å². The van der Waals surface area contributed by atoms with Gasteiger partial charge in [0.15, 0.2) is 0 Å². The molecule has 1 aromatic carbocycles. The van der Waals surface area contributed by atoms with Crippen LogP contribution in [0.3, 0.4) is 0 Å². The molecule has 20 heavy (non-hydrogen) atoms. The average Bonchev–Trinajstić information content (AvgIpc) is 2.54. The van der Waals surface area contributed by atoms with Gasteiger partial charge in [0.1, 0.15) is 22.6 Å². The fourth-order valence-corrected chi connectivity index (χ4v) is 2.32. The smallest absolute Gasteiger partial charge is 0.134 e. The summed E-state index contributed by atoms with van der Waals surface area (Å²) in [6.45, 7) is 1.67. The molecule has 7 heteroatoms. The van der Waals surface area contributed by atoms with Crippen molar-refractivity contribution < 1.29 is 18.3 Å². The van der Waals surface area contributed by atoms with E-state index in [1.54, 1.807) is 14.0 Å². The van der Waals surface area contributed by atoms with Crippen LogP contribution < -0.4 is 0 Å². The SMILES string of the molecule is Cc1nn(C)c(Cl)c1CC(O)c1c(F)cc(F)cc1F. The fraction of sp³-hybridized carbons (Fsp3) is 0.308. The lowest BCUT2D eigenvalue weighted by Crippen LogP contribution is -2.08. The van der Waals surface area contributed by atoms with E-state index >= 15 is 0 Å². The summed E-state index contributed by atoms with van der Waals surface area (Å²) in [5.74, 6) is -3.30. The van der Waals surface area contributed by atoms with Crippen LogP contribution >= 0.6 is 11.6 Å². The molecule has 3 nitrogen and oxygen atoms in total. The summed E-state index contributed by atoms with van der Waals surface area (Å²) in [7, 11) is 1.62. The number of aromatic nitrogens is 2. The highest BCUT2D eigenvalue weighted by Crippen LogP contribution is 2.28. The van der Waals surface area contributed by atoms with Gasteiger partial charge in [0.2, 0.25) is 0 Å². The van der Waals surface area contributed by atoms with Crippen molar-refractivity contribution in [3.05, 3.63) is 51.6 Å². The van der Waals surface area contributed by atoms with Crippen molar-refractivity contribution in [2.24, 2.45) is 7.05 Å². The van der Waals surface area contributed by atoms with E-state index in [-0.39, 0.29) is 11.6 Å². The number of hydrogen-bond donors (Lipinski definition) is 1. The van der Waals surface area contributed by atoms with E-state index in [2.05, 4.69) is 5.10 Å². The molecule has 0 radical (unpaired) electrons. The van der Waals surface area contributed by atoms with Crippen molar-refractivity contribution in [2.75, 3.05) is 0 Å². The number of aliphatic hydroxyl groups is 1. The van der Waals surface area contributed by atoms with E-state index < -0.39 is 29.1 Å². The minimum Gasteiger partial charge on any atom is -0.388 e. The Hall–Kier alpha value is -1.53. The van der Waals surface area contributed by atoms with Gasteiger partial charge in [0, 0.05) is 31.2 Å². The molecular weight excluding hydrogens is 293 g/mol. The second kappa shape index (κ2) is 5.46. The Bertz CT molecular complexity index is 634. The van der Waals surface area contributed by atoms with Crippen molar-refractivity contribution in [1.82, 2.24) is 9.78 Å². The number of halogens is 4. The first-order valence-corrected chi connectivity index (χ1v) is 6.19. The zero-order valence-corrected chi connectivity index (χ0v) is 11.5. The lowest BCUT2D eigenvalue weighted by molar-refractivity contribution is 0.168. The molecule has 0 aliphatic heterocycles. The molecule has 1 unspecified atom stereocenters. The third kappa shape index (κ3) is 2.66. The van der Waals surface area contributed by atoms with Crippen LogP contribution in [0.2, 0.25) is 5.15 Å². The third-order valence-electron chi connectivity index (χ3n) is 3.04. The van der Waals surface area contributed by atoms with Crippen LogP contribution in [0.15, 0.2) is 12.1 Å². The number of rotatable bonds is 3. The molecule has 1 heterocycles. The summed E-state index contributed by atoms with van der Waals surface area (Å²) < 4.78 is 41.4. The number of benzene rings is 1. The van der Waals surface area contributed by atoms with Gasteiger partial charge in [-0.1, -0.05) is 11.6 Å². The van der Waals surface area contributed by atoms with Crippen LogP contribution in [-0.2, 0) is 13.5 Å². The van der Waals surface area contributed by atoms with Crippen molar-refractivity contribution >= 4 is 11.6 Å². The van der Waals surface area contributed by atoms with Gasteiger partial charge in [-0.25, -0.2) is 13.2 Å². The molecule has 0 spiro atoms. The summed E-state index contributed by atoms with van der Waals surface area (Å²) in [5, 5.41) is 14.3. The van der Waals surface area contributed by atoms with Crippen molar-refractivity contribution in [3.8, 4) is 0 Å². The van der Waals surface area contributed by atoms with E-state index in [1.807, 2.05) is 0 Å². The first-order chi connectivity index (χ1) is 9.31. The van der Waals surface area contributed by atoms with Crippen molar-refractivity contribution in [1.29, 1.82) is 0 Å². The Kier molecular flexibility index (Phi) is 4.06. The van der Waals surface area contributed by atoms with Crippen LogP contribution in [0, 0.1) is 24.4 Å². The van der Waals surface area contributed by atoms with Gasteiger partial charge < -0.3 is 5.11 Å². The van der Waals surface area contributed by atoms with Crippen LogP contribution in [0.5, 0.6) is 0 Å². The predicted octanol–water partition coefficient (Wildman–Crippen LogP) is 3.08. The number of aryl methyl sites for hydroxylation is 2. The molecular formula is C13H12ClF3N2O. The normalized spacial score (nSPS) is 12.8. The molecule has 1 N–H and O–H groups in total. The molecule has 108 valence electrons. The molecule has 0 amide bonds.